The molecule has 1 aromatic heterocycles. The summed E-state index contributed by atoms with van der Waals surface area (Å²) in [6, 6.07) is 10.0. The fraction of sp³-hybridized carbons (Fsp3) is 0. The van der Waals surface area contributed by atoms with Gasteiger partial charge < -0.3 is 4.74 Å². The van der Waals surface area contributed by atoms with Gasteiger partial charge >= 0.3 is 6.01 Å². The van der Waals surface area contributed by atoms with Crippen LogP contribution in [0.3, 0.4) is 0 Å². The summed E-state index contributed by atoms with van der Waals surface area (Å²) in [6.45, 7) is 0. The molecule has 17 heavy (non-hydrogen) atoms. The first-order valence-electron chi connectivity index (χ1n) is 4.55. The molecule has 0 spiro atoms. The van der Waals surface area contributed by atoms with Crippen LogP contribution < -0.4 is 4.74 Å². The van der Waals surface area contributed by atoms with Crippen molar-refractivity contribution in [1.82, 2.24) is 9.97 Å². The van der Waals surface area contributed by atoms with Gasteiger partial charge in [-0.15, -0.1) is 0 Å². The SMILES string of the molecule is N#Cc1ccc(Oc2nc(Cl)cc(Cl)n2)cc1. The first-order valence-corrected chi connectivity index (χ1v) is 5.31. The smallest absolute Gasteiger partial charge is 0.324 e. The highest BCUT2D eigenvalue weighted by atomic mass is 35.5. The van der Waals surface area contributed by atoms with Crippen LogP contribution in [0.2, 0.25) is 10.3 Å². The summed E-state index contributed by atoms with van der Waals surface area (Å²) in [5, 5.41) is 9.05. The number of rotatable bonds is 2. The van der Waals surface area contributed by atoms with Crippen LogP contribution in [-0.4, -0.2) is 9.97 Å². The molecule has 0 aliphatic rings. The fourth-order valence-electron chi connectivity index (χ4n) is 1.12. The maximum atomic E-state index is 8.64. The zero-order valence-electron chi connectivity index (χ0n) is 8.39. The summed E-state index contributed by atoms with van der Waals surface area (Å²) < 4.78 is 5.34. The third-order valence-corrected chi connectivity index (χ3v) is 2.22. The monoisotopic (exact) mass is 265 g/mol. The van der Waals surface area contributed by atoms with Gasteiger partial charge in [-0.05, 0) is 24.3 Å². The number of nitrogens with zero attached hydrogens (tertiary/aromatic N) is 3. The van der Waals surface area contributed by atoms with E-state index in [0.29, 0.717) is 11.3 Å². The molecule has 2 rings (SSSR count). The Kier molecular flexibility index (Phi) is 3.43. The van der Waals surface area contributed by atoms with E-state index in [-0.39, 0.29) is 16.3 Å². The van der Waals surface area contributed by atoms with Gasteiger partial charge in [-0.2, -0.15) is 15.2 Å². The summed E-state index contributed by atoms with van der Waals surface area (Å²) in [5.41, 5.74) is 0.544. The van der Waals surface area contributed by atoms with Crippen LogP contribution in [0.15, 0.2) is 30.3 Å². The molecule has 0 radical (unpaired) electrons. The standard InChI is InChI=1S/C11H5Cl2N3O/c12-9-5-10(13)16-11(15-9)17-8-3-1-7(6-14)2-4-8/h1-5H. The van der Waals surface area contributed by atoms with Gasteiger partial charge in [0.15, 0.2) is 0 Å². The first-order chi connectivity index (χ1) is 8.17. The lowest BCUT2D eigenvalue weighted by atomic mass is 10.2. The van der Waals surface area contributed by atoms with Gasteiger partial charge in [0.1, 0.15) is 16.1 Å². The average Bonchev–Trinajstić information content (AvgIpc) is 2.28. The number of ether oxygens (including phenoxy) is 1. The Morgan fingerprint density at radius 2 is 1.65 bits per heavy atom. The molecule has 1 aromatic carbocycles. The molecule has 0 aliphatic carbocycles. The second-order valence-electron chi connectivity index (χ2n) is 3.03. The highest BCUT2D eigenvalue weighted by Crippen LogP contribution is 2.21. The molecule has 0 fully saturated rings. The average molecular weight is 266 g/mol. The summed E-state index contributed by atoms with van der Waals surface area (Å²) in [6.07, 6.45) is 0. The van der Waals surface area contributed by atoms with Gasteiger partial charge in [-0.25, -0.2) is 0 Å². The molecule has 4 nitrogen and oxygen atoms in total. The lowest BCUT2D eigenvalue weighted by molar-refractivity contribution is 0.442. The van der Waals surface area contributed by atoms with Crippen molar-refractivity contribution < 1.29 is 4.74 Å². The van der Waals surface area contributed by atoms with Gasteiger partial charge in [-0.1, -0.05) is 23.2 Å². The Bertz CT molecular complexity index is 558. The highest BCUT2D eigenvalue weighted by Gasteiger charge is 2.04. The Labute approximate surface area is 107 Å². The molecule has 0 saturated heterocycles. The molecule has 0 amide bonds. The number of aromatic nitrogens is 2. The van der Waals surface area contributed by atoms with E-state index in [2.05, 4.69) is 9.97 Å². The van der Waals surface area contributed by atoms with E-state index in [1.165, 1.54) is 6.07 Å². The summed E-state index contributed by atoms with van der Waals surface area (Å²) in [4.78, 5) is 7.71. The van der Waals surface area contributed by atoms with Crippen molar-refractivity contribution in [3.8, 4) is 17.8 Å². The fourth-order valence-corrected chi connectivity index (χ4v) is 1.53. The van der Waals surface area contributed by atoms with E-state index in [1.54, 1.807) is 24.3 Å². The normalized spacial score (nSPS) is 9.71. The molecule has 0 unspecified atom stereocenters. The number of benzene rings is 1. The zero-order valence-corrected chi connectivity index (χ0v) is 9.90. The topological polar surface area (TPSA) is 58.8 Å². The third kappa shape index (κ3) is 3.06. The van der Waals surface area contributed by atoms with Crippen molar-refractivity contribution in [2.45, 2.75) is 0 Å². The third-order valence-electron chi connectivity index (χ3n) is 1.84. The molecule has 0 bridgehead atoms. The molecule has 0 N–H and O–H groups in total. The van der Waals surface area contributed by atoms with Crippen molar-refractivity contribution in [2.24, 2.45) is 0 Å². The molecule has 0 saturated carbocycles. The van der Waals surface area contributed by atoms with Crippen LogP contribution >= 0.6 is 23.2 Å². The van der Waals surface area contributed by atoms with E-state index in [0.717, 1.165) is 0 Å². The zero-order chi connectivity index (χ0) is 12.3. The minimum absolute atomic E-state index is 0.0622. The molecule has 84 valence electrons. The molecule has 2 aromatic rings. The van der Waals surface area contributed by atoms with Gasteiger partial charge in [0.2, 0.25) is 0 Å². The van der Waals surface area contributed by atoms with Crippen LogP contribution in [-0.2, 0) is 0 Å². The van der Waals surface area contributed by atoms with Crippen LogP contribution in [0.1, 0.15) is 5.56 Å². The Hall–Kier alpha value is -1.83. The quantitative estimate of drug-likeness (QED) is 0.781. The maximum absolute atomic E-state index is 8.64. The molecule has 1 heterocycles. The number of hydrogen-bond donors (Lipinski definition) is 0. The van der Waals surface area contributed by atoms with E-state index in [9.17, 15) is 0 Å². The van der Waals surface area contributed by atoms with Gasteiger partial charge in [0, 0.05) is 6.07 Å². The van der Waals surface area contributed by atoms with E-state index in [1.807, 2.05) is 6.07 Å². The number of hydrogen-bond acceptors (Lipinski definition) is 4. The van der Waals surface area contributed by atoms with Crippen molar-refractivity contribution in [3.63, 3.8) is 0 Å². The maximum Gasteiger partial charge on any atom is 0.324 e. The van der Waals surface area contributed by atoms with E-state index < -0.39 is 0 Å². The Balaban J connectivity index is 2.22. The van der Waals surface area contributed by atoms with Crippen molar-refractivity contribution in [1.29, 1.82) is 5.26 Å². The minimum atomic E-state index is 0.0622. The summed E-state index contributed by atoms with van der Waals surface area (Å²) >= 11 is 11.4. The molecule has 0 aliphatic heterocycles. The van der Waals surface area contributed by atoms with Crippen LogP contribution in [0.25, 0.3) is 0 Å². The Morgan fingerprint density at radius 1 is 1.06 bits per heavy atom. The van der Waals surface area contributed by atoms with Crippen LogP contribution in [0.4, 0.5) is 0 Å². The van der Waals surface area contributed by atoms with Gasteiger partial charge in [0.05, 0.1) is 11.6 Å². The molecular weight excluding hydrogens is 261 g/mol. The second kappa shape index (κ2) is 5.00. The van der Waals surface area contributed by atoms with Gasteiger partial charge in [-0.3, -0.25) is 0 Å². The Morgan fingerprint density at radius 3 is 2.18 bits per heavy atom. The highest BCUT2D eigenvalue weighted by molar-refractivity contribution is 6.33. The van der Waals surface area contributed by atoms with Crippen LogP contribution in [0, 0.1) is 11.3 Å². The van der Waals surface area contributed by atoms with E-state index >= 15 is 0 Å². The summed E-state index contributed by atoms with van der Waals surface area (Å²) in [5.74, 6) is 0.502. The lowest BCUT2D eigenvalue weighted by Gasteiger charge is -2.03. The largest absolute Gasteiger partial charge is 0.424 e. The lowest BCUT2D eigenvalue weighted by Crippen LogP contribution is -1.92. The first kappa shape index (κ1) is 11.6. The van der Waals surface area contributed by atoms with Crippen molar-refractivity contribution in [3.05, 3.63) is 46.2 Å². The number of halogens is 2. The van der Waals surface area contributed by atoms with Crippen molar-refractivity contribution >= 4 is 23.2 Å². The second-order valence-corrected chi connectivity index (χ2v) is 3.81. The number of nitriles is 1. The molecule has 6 heteroatoms. The van der Waals surface area contributed by atoms with Crippen molar-refractivity contribution in [2.75, 3.05) is 0 Å². The minimum Gasteiger partial charge on any atom is -0.424 e. The van der Waals surface area contributed by atoms with E-state index in [4.69, 9.17) is 33.2 Å². The molecular formula is C11H5Cl2N3O. The predicted octanol–water partition coefficient (Wildman–Crippen LogP) is 3.45. The summed E-state index contributed by atoms with van der Waals surface area (Å²) in [7, 11) is 0. The predicted molar refractivity (Wildman–Crippen MR) is 63.3 cm³/mol. The van der Waals surface area contributed by atoms with Gasteiger partial charge in [0.25, 0.3) is 0 Å². The molecule has 0 atom stereocenters. The van der Waals surface area contributed by atoms with Crippen LogP contribution in [0.5, 0.6) is 11.8 Å².